The van der Waals surface area contributed by atoms with Gasteiger partial charge in [-0.05, 0) is 126 Å². The van der Waals surface area contributed by atoms with Crippen molar-refractivity contribution in [2.75, 3.05) is 27.9 Å². The molecule has 2 bridgehead atoms. The van der Waals surface area contributed by atoms with Crippen molar-refractivity contribution in [2.45, 2.75) is 245 Å². The van der Waals surface area contributed by atoms with Crippen molar-refractivity contribution < 1.29 is 67.4 Å². The number of esters is 2. The van der Waals surface area contributed by atoms with Gasteiger partial charge in [0.1, 0.15) is 30.5 Å². The number of unbranched alkanes of at least 4 members (excludes halogenated alkanes) is 6. The van der Waals surface area contributed by atoms with Crippen LogP contribution in [0.3, 0.4) is 0 Å². The molecule has 4 aliphatic rings. The predicted molar refractivity (Wildman–Crippen MR) is 296 cm³/mol. The summed E-state index contributed by atoms with van der Waals surface area (Å²) in [5, 5.41) is 23.7. The van der Waals surface area contributed by atoms with Gasteiger partial charge in [0.25, 0.3) is 11.7 Å². The van der Waals surface area contributed by atoms with Gasteiger partial charge in [0, 0.05) is 64.0 Å². The van der Waals surface area contributed by atoms with Gasteiger partial charge in [0.05, 0.1) is 18.3 Å². The maximum absolute atomic E-state index is 14.7. The molecule has 77 heavy (non-hydrogen) atoms. The number of Topliss-reactive ketones (excluding diaryl/α,β-unsaturated/α-hetero) is 3. The number of rotatable bonds is 15. The molecule has 1 aliphatic carbocycles. The standard InChI is InChI=1S/C62H99NO14/c1-13-14-15-16-17-18-22-28-53(64)75-50-32-30-47(37-52(50)73-11)36-44(7)57-46(9)54(65)42(5)35-43(6)56(67)58(74-12)55(66)41(4)34-39(2)25-20-19-21-26-40(3)51(72-10)38-48-31-29-45(8)62(71,77-48)59(68)60(69)63-33-24-23-27-49(63)61(70)76-57/h20,25-26,35,39,41-42,44-45,47-52,56-58,67,71H,9,13-19,21-24,27-34,36-38H2,1-8,10-12H3/b25-20+,40-26+,43-35+/t39-,41-,42-,44-,45-,47+,48+,49+,50-,51+,52-,56-,57-,58+,62?/m1/s1. The monoisotopic (exact) mass is 1080 g/mol. The van der Waals surface area contributed by atoms with Crippen LogP contribution in [0, 0.1) is 35.5 Å². The van der Waals surface area contributed by atoms with Gasteiger partial charge in [-0.15, -0.1) is 0 Å². The normalized spacial score (nSPS) is 35.7. The van der Waals surface area contributed by atoms with Crippen molar-refractivity contribution in [3.05, 3.63) is 47.6 Å². The summed E-state index contributed by atoms with van der Waals surface area (Å²) in [4.78, 5) is 86.2. The number of nitrogens with zero attached hydrogens (tertiary/aromatic N) is 1. The van der Waals surface area contributed by atoms with Gasteiger partial charge < -0.3 is 43.5 Å². The van der Waals surface area contributed by atoms with Gasteiger partial charge in [-0.2, -0.15) is 0 Å². The zero-order chi connectivity index (χ0) is 57.0. The van der Waals surface area contributed by atoms with E-state index in [1.54, 1.807) is 41.1 Å². The number of ketones is 3. The fraction of sp³-hybridized carbons (Fsp3) is 0.774. The minimum Gasteiger partial charge on any atom is -0.460 e. The number of amides is 1. The lowest BCUT2D eigenvalue weighted by Crippen LogP contribution is -2.61. The SMILES string of the molecule is C=C1C(=O)[C@H](C)/C=C(\C)[C@@H](O)[C@@H](OC)C(=O)[C@H](C)C[C@H](C)/C=C/CC/C=C(\C)[C@@H](OC)C[C@@H]2CC[C@@H](C)C(O)(O2)C(=O)C(=O)N2CCCC[C@H]2C(=O)O[C@@H]1[C@H](C)C[C@@H]1CC[C@@H](OC(=O)CCCCCCCCC)[C@H](OC)C1. The van der Waals surface area contributed by atoms with Gasteiger partial charge in [-0.3, -0.25) is 24.0 Å². The van der Waals surface area contributed by atoms with Gasteiger partial charge >= 0.3 is 11.9 Å². The molecule has 1 amide bonds. The van der Waals surface area contributed by atoms with E-state index < -0.39 is 89.5 Å². The predicted octanol–water partition coefficient (Wildman–Crippen LogP) is 10.3. The third-order valence-corrected chi connectivity index (χ3v) is 17.0. The summed E-state index contributed by atoms with van der Waals surface area (Å²) in [7, 11) is 4.58. The highest BCUT2D eigenvalue weighted by molar-refractivity contribution is 6.39. The topological polar surface area (TPSA) is 201 Å². The maximum atomic E-state index is 14.7. The number of aliphatic hydroxyl groups excluding tert-OH is 1. The lowest BCUT2D eigenvalue weighted by atomic mass is 9.77. The van der Waals surface area contributed by atoms with Crippen LogP contribution in [-0.2, 0) is 57.2 Å². The van der Waals surface area contributed by atoms with Crippen LogP contribution in [0.1, 0.15) is 190 Å². The Labute approximate surface area is 461 Å². The van der Waals surface area contributed by atoms with E-state index in [4.69, 9.17) is 28.4 Å². The number of cyclic esters (lactones) is 1. The third kappa shape index (κ3) is 18.9. The molecule has 0 aromatic heterocycles. The number of methoxy groups -OCH3 is 3. The number of hydrogen-bond donors (Lipinski definition) is 2. The second-order valence-corrected chi connectivity index (χ2v) is 23.3. The summed E-state index contributed by atoms with van der Waals surface area (Å²) in [6.45, 7) is 19.2. The number of ether oxygens (including phenoxy) is 6. The molecule has 2 N–H and O–H groups in total. The first-order valence-corrected chi connectivity index (χ1v) is 29.3. The summed E-state index contributed by atoms with van der Waals surface area (Å²) in [6, 6.07) is -1.21. The average molecular weight is 1080 g/mol. The van der Waals surface area contributed by atoms with Crippen LogP contribution in [0.5, 0.6) is 0 Å². The van der Waals surface area contributed by atoms with Gasteiger partial charge in [0.15, 0.2) is 11.6 Å². The Morgan fingerprint density at radius 3 is 2.22 bits per heavy atom. The molecule has 0 aromatic rings. The maximum Gasteiger partial charge on any atom is 0.329 e. The second kappa shape index (κ2) is 32.4. The van der Waals surface area contributed by atoms with Crippen molar-refractivity contribution in [3.63, 3.8) is 0 Å². The number of carbonyl (C=O) groups excluding carboxylic acids is 6. The summed E-state index contributed by atoms with van der Waals surface area (Å²) in [6.07, 6.45) is 17.1. The zero-order valence-electron chi connectivity index (χ0n) is 48.9. The Morgan fingerprint density at radius 2 is 1.55 bits per heavy atom. The Kier molecular flexibility index (Phi) is 27.6. The third-order valence-electron chi connectivity index (χ3n) is 17.0. The molecule has 4 rings (SSSR count). The van der Waals surface area contributed by atoms with Gasteiger partial charge in [-0.25, -0.2) is 4.79 Å². The van der Waals surface area contributed by atoms with E-state index in [-0.39, 0.29) is 54.3 Å². The van der Waals surface area contributed by atoms with Crippen LogP contribution < -0.4 is 0 Å². The van der Waals surface area contributed by atoms with Crippen molar-refractivity contribution >= 4 is 35.2 Å². The second-order valence-electron chi connectivity index (χ2n) is 23.3. The first kappa shape index (κ1) is 65.7. The van der Waals surface area contributed by atoms with Gasteiger partial charge in [-0.1, -0.05) is 111 Å². The Hall–Kier alpha value is -3.86. The van der Waals surface area contributed by atoms with E-state index in [2.05, 4.69) is 31.7 Å². The number of piperidine rings is 1. The molecule has 3 aliphatic heterocycles. The first-order valence-electron chi connectivity index (χ1n) is 29.3. The minimum absolute atomic E-state index is 0.00106. The quantitative estimate of drug-likeness (QED) is 0.0516. The van der Waals surface area contributed by atoms with Crippen molar-refractivity contribution in [1.82, 2.24) is 4.90 Å². The molecule has 436 valence electrons. The number of fused-ring (bicyclic) bond motifs is 3. The minimum atomic E-state index is -2.45. The lowest BCUT2D eigenvalue weighted by molar-refractivity contribution is -0.265. The van der Waals surface area contributed by atoms with Crippen LogP contribution >= 0.6 is 0 Å². The van der Waals surface area contributed by atoms with E-state index in [9.17, 15) is 39.0 Å². The fourth-order valence-electron chi connectivity index (χ4n) is 12.1. The highest BCUT2D eigenvalue weighted by Gasteiger charge is 2.53. The molecule has 15 atom stereocenters. The van der Waals surface area contributed by atoms with Crippen molar-refractivity contribution in [3.8, 4) is 0 Å². The zero-order valence-corrected chi connectivity index (χ0v) is 48.9. The van der Waals surface area contributed by atoms with Gasteiger partial charge in [0.2, 0.25) is 5.79 Å². The molecule has 0 spiro atoms. The molecule has 1 unspecified atom stereocenters. The summed E-state index contributed by atoms with van der Waals surface area (Å²) in [5.41, 5.74) is 1.30. The summed E-state index contributed by atoms with van der Waals surface area (Å²) < 4.78 is 36.0. The fourth-order valence-corrected chi connectivity index (χ4v) is 12.1. The van der Waals surface area contributed by atoms with Crippen LogP contribution in [0.2, 0.25) is 0 Å². The van der Waals surface area contributed by atoms with Crippen LogP contribution in [0.25, 0.3) is 0 Å². The molecule has 0 aromatic carbocycles. The van der Waals surface area contributed by atoms with Crippen LogP contribution in [-0.4, -0.2) is 133 Å². The Balaban J connectivity index is 1.65. The summed E-state index contributed by atoms with van der Waals surface area (Å²) >= 11 is 0. The van der Waals surface area contributed by atoms with E-state index in [1.807, 2.05) is 27.7 Å². The molecule has 3 fully saturated rings. The van der Waals surface area contributed by atoms with E-state index >= 15 is 0 Å². The Morgan fingerprint density at radius 1 is 0.844 bits per heavy atom. The molecular weight excluding hydrogens is 983 g/mol. The average Bonchev–Trinajstić information content (AvgIpc) is 3.42. The smallest absolute Gasteiger partial charge is 0.329 e. The lowest BCUT2D eigenvalue weighted by Gasteiger charge is -2.43. The largest absolute Gasteiger partial charge is 0.460 e. The van der Waals surface area contributed by atoms with E-state index in [0.717, 1.165) is 37.7 Å². The number of aliphatic hydroxyl groups is 2. The molecular formula is C62H99NO14. The molecule has 15 nitrogen and oxygen atoms in total. The van der Waals surface area contributed by atoms with Crippen molar-refractivity contribution in [2.24, 2.45) is 35.5 Å². The number of carbonyl (C=O) groups is 6. The molecule has 0 radical (unpaired) electrons. The van der Waals surface area contributed by atoms with E-state index in [1.165, 1.54) is 37.7 Å². The highest BCUT2D eigenvalue weighted by Crippen LogP contribution is 2.39. The van der Waals surface area contributed by atoms with E-state index in [0.29, 0.717) is 76.2 Å². The first-order chi connectivity index (χ1) is 36.6. The number of hydrogen-bond acceptors (Lipinski definition) is 14. The highest BCUT2D eigenvalue weighted by atomic mass is 16.6. The Bertz CT molecular complexity index is 2050. The number of allylic oxidation sites excluding steroid dienone is 4. The molecule has 1 saturated carbocycles. The van der Waals surface area contributed by atoms with Crippen LogP contribution in [0.4, 0.5) is 0 Å². The molecule has 15 heteroatoms. The summed E-state index contributed by atoms with van der Waals surface area (Å²) in [5.74, 6) is -8.89. The molecule has 2 saturated heterocycles. The molecule has 3 heterocycles. The van der Waals surface area contributed by atoms with Crippen LogP contribution in [0.15, 0.2) is 47.6 Å². The van der Waals surface area contributed by atoms with Crippen molar-refractivity contribution in [1.29, 1.82) is 0 Å².